The molecule has 2 aromatic rings. The summed E-state index contributed by atoms with van der Waals surface area (Å²) in [5, 5.41) is 1.01. The van der Waals surface area contributed by atoms with Crippen molar-refractivity contribution in [3.63, 3.8) is 0 Å². The van der Waals surface area contributed by atoms with Gasteiger partial charge in [0, 0.05) is 51.2 Å². The molecule has 0 N–H and O–H groups in total. The Kier molecular flexibility index (Phi) is 5.30. The van der Waals surface area contributed by atoms with Gasteiger partial charge in [-0.3, -0.25) is 0 Å². The highest BCUT2D eigenvalue weighted by Gasteiger charge is 2.21. The van der Waals surface area contributed by atoms with E-state index in [2.05, 4.69) is 31.3 Å². The average Bonchev–Trinajstić information content (AvgIpc) is 3.09. The van der Waals surface area contributed by atoms with E-state index in [1.54, 1.807) is 14.2 Å². The molecule has 1 aromatic heterocycles. The standard InChI is InChI=1S/C16H22N4O2S/c1-21-12-7-15-17-16(23-18-15)20-10-8-19(9-11-20)13-5-3-4-6-14(13)22-2/h3-6H,7-12H2,1-2H3. The third-order valence-corrected chi connectivity index (χ3v) is 4.78. The molecule has 0 spiro atoms. The van der Waals surface area contributed by atoms with Crippen LogP contribution in [-0.4, -0.2) is 56.4 Å². The van der Waals surface area contributed by atoms with E-state index in [9.17, 15) is 0 Å². The average molecular weight is 334 g/mol. The second kappa shape index (κ2) is 7.61. The fourth-order valence-electron chi connectivity index (χ4n) is 2.70. The molecule has 1 aromatic carbocycles. The number of anilines is 2. The first-order valence-corrected chi connectivity index (χ1v) is 8.53. The lowest BCUT2D eigenvalue weighted by Crippen LogP contribution is -2.46. The van der Waals surface area contributed by atoms with Gasteiger partial charge in [-0.2, -0.15) is 4.37 Å². The Morgan fingerprint density at radius 2 is 1.83 bits per heavy atom. The van der Waals surface area contributed by atoms with E-state index in [1.165, 1.54) is 11.5 Å². The molecule has 1 fully saturated rings. The molecule has 7 heteroatoms. The molecule has 0 saturated carbocycles. The summed E-state index contributed by atoms with van der Waals surface area (Å²) >= 11 is 1.48. The molecule has 124 valence electrons. The zero-order chi connectivity index (χ0) is 16.1. The Hall–Kier alpha value is -1.86. The molecule has 1 aliphatic rings. The lowest BCUT2D eigenvalue weighted by Gasteiger charge is -2.36. The van der Waals surface area contributed by atoms with Gasteiger partial charge in [0.05, 0.1) is 19.4 Å². The van der Waals surface area contributed by atoms with Gasteiger partial charge in [0.2, 0.25) is 5.13 Å². The molecule has 2 heterocycles. The summed E-state index contributed by atoms with van der Waals surface area (Å²) in [6.07, 6.45) is 0.772. The number of piperazine rings is 1. The molecule has 1 saturated heterocycles. The fourth-order valence-corrected chi connectivity index (χ4v) is 3.46. The van der Waals surface area contributed by atoms with Crippen LogP contribution in [0, 0.1) is 0 Å². The minimum Gasteiger partial charge on any atom is -0.495 e. The number of ether oxygens (including phenoxy) is 2. The highest BCUT2D eigenvalue weighted by molar-refractivity contribution is 7.09. The third kappa shape index (κ3) is 3.73. The zero-order valence-corrected chi connectivity index (χ0v) is 14.4. The SMILES string of the molecule is COCCc1nsc(N2CCN(c3ccccc3OC)CC2)n1. The maximum atomic E-state index is 5.46. The van der Waals surface area contributed by atoms with Crippen molar-refractivity contribution in [2.45, 2.75) is 6.42 Å². The van der Waals surface area contributed by atoms with Crippen molar-refractivity contribution in [1.29, 1.82) is 0 Å². The normalized spacial score (nSPS) is 15.0. The van der Waals surface area contributed by atoms with Gasteiger partial charge in [-0.25, -0.2) is 4.98 Å². The van der Waals surface area contributed by atoms with Crippen molar-refractivity contribution in [3.8, 4) is 5.75 Å². The van der Waals surface area contributed by atoms with E-state index in [1.807, 2.05) is 12.1 Å². The number of benzene rings is 1. The molecule has 0 amide bonds. The highest BCUT2D eigenvalue weighted by atomic mass is 32.1. The van der Waals surface area contributed by atoms with Gasteiger partial charge in [0.25, 0.3) is 0 Å². The van der Waals surface area contributed by atoms with Gasteiger partial charge < -0.3 is 19.3 Å². The Bertz CT molecular complexity index is 626. The lowest BCUT2D eigenvalue weighted by molar-refractivity contribution is 0.201. The van der Waals surface area contributed by atoms with Crippen LogP contribution in [0.25, 0.3) is 0 Å². The monoisotopic (exact) mass is 334 g/mol. The molecule has 6 nitrogen and oxygen atoms in total. The van der Waals surface area contributed by atoms with Crippen molar-refractivity contribution < 1.29 is 9.47 Å². The van der Waals surface area contributed by atoms with Crippen LogP contribution in [0.15, 0.2) is 24.3 Å². The molecule has 3 rings (SSSR count). The molecule has 0 radical (unpaired) electrons. The largest absolute Gasteiger partial charge is 0.495 e. The van der Waals surface area contributed by atoms with E-state index < -0.39 is 0 Å². The second-order valence-electron chi connectivity index (χ2n) is 5.38. The lowest BCUT2D eigenvalue weighted by atomic mass is 10.2. The second-order valence-corrected chi connectivity index (χ2v) is 6.11. The number of nitrogens with zero attached hydrogens (tertiary/aromatic N) is 4. The van der Waals surface area contributed by atoms with Gasteiger partial charge in [-0.05, 0) is 12.1 Å². The topological polar surface area (TPSA) is 50.7 Å². The van der Waals surface area contributed by atoms with Crippen molar-refractivity contribution in [3.05, 3.63) is 30.1 Å². The van der Waals surface area contributed by atoms with Crippen molar-refractivity contribution in [1.82, 2.24) is 9.36 Å². The summed E-state index contributed by atoms with van der Waals surface area (Å²) in [6.45, 7) is 4.45. The number of para-hydroxylation sites is 2. The third-order valence-electron chi connectivity index (χ3n) is 3.96. The Morgan fingerprint density at radius 1 is 1.09 bits per heavy atom. The van der Waals surface area contributed by atoms with Gasteiger partial charge in [0.15, 0.2) is 0 Å². The summed E-state index contributed by atoms with van der Waals surface area (Å²) in [6, 6.07) is 8.18. The summed E-state index contributed by atoms with van der Waals surface area (Å²) in [5.74, 6) is 1.80. The van der Waals surface area contributed by atoms with E-state index in [0.29, 0.717) is 6.61 Å². The van der Waals surface area contributed by atoms with E-state index in [0.717, 1.165) is 55.0 Å². The molecule has 0 bridgehead atoms. The van der Waals surface area contributed by atoms with E-state index >= 15 is 0 Å². The number of hydrogen-bond donors (Lipinski definition) is 0. The van der Waals surface area contributed by atoms with E-state index in [-0.39, 0.29) is 0 Å². The summed E-state index contributed by atoms with van der Waals surface area (Å²) in [5.41, 5.74) is 1.16. The van der Waals surface area contributed by atoms with E-state index in [4.69, 9.17) is 9.47 Å². The quantitative estimate of drug-likeness (QED) is 0.806. The van der Waals surface area contributed by atoms with Gasteiger partial charge >= 0.3 is 0 Å². The summed E-state index contributed by atoms with van der Waals surface area (Å²) in [4.78, 5) is 9.28. The predicted molar refractivity (Wildman–Crippen MR) is 92.9 cm³/mol. The zero-order valence-electron chi connectivity index (χ0n) is 13.6. The van der Waals surface area contributed by atoms with Crippen LogP contribution in [0.4, 0.5) is 10.8 Å². The number of rotatable bonds is 6. The number of aromatic nitrogens is 2. The maximum absolute atomic E-state index is 5.46. The molecule has 0 aliphatic carbocycles. The van der Waals surface area contributed by atoms with Crippen molar-refractivity contribution in [2.24, 2.45) is 0 Å². The van der Waals surface area contributed by atoms with Gasteiger partial charge in [-0.15, -0.1) is 0 Å². The summed E-state index contributed by atoms with van der Waals surface area (Å²) in [7, 11) is 3.42. The van der Waals surface area contributed by atoms with Crippen LogP contribution in [0.2, 0.25) is 0 Å². The van der Waals surface area contributed by atoms with Crippen LogP contribution in [0.3, 0.4) is 0 Å². The Labute approximate surface area is 140 Å². The number of methoxy groups -OCH3 is 2. The van der Waals surface area contributed by atoms with Gasteiger partial charge in [-0.1, -0.05) is 12.1 Å². The first-order chi connectivity index (χ1) is 11.3. The Balaban J connectivity index is 1.61. The first kappa shape index (κ1) is 16.0. The minimum absolute atomic E-state index is 0.664. The fraction of sp³-hybridized carbons (Fsp3) is 0.500. The molecule has 0 atom stereocenters. The van der Waals surface area contributed by atoms with Crippen LogP contribution < -0.4 is 14.5 Å². The van der Waals surface area contributed by atoms with Crippen molar-refractivity contribution >= 4 is 22.4 Å². The van der Waals surface area contributed by atoms with Crippen LogP contribution in [0.1, 0.15) is 5.82 Å². The highest BCUT2D eigenvalue weighted by Crippen LogP contribution is 2.29. The number of hydrogen-bond acceptors (Lipinski definition) is 7. The first-order valence-electron chi connectivity index (χ1n) is 7.76. The molecule has 1 aliphatic heterocycles. The molecule has 0 unspecified atom stereocenters. The Morgan fingerprint density at radius 3 is 2.57 bits per heavy atom. The maximum Gasteiger partial charge on any atom is 0.205 e. The molecular formula is C16H22N4O2S. The predicted octanol–water partition coefficient (Wildman–Crippen LogP) is 2.06. The van der Waals surface area contributed by atoms with Crippen molar-refractivity contribution in [2.75, 3.05) is 56.8 Å². The van der Waals surface area contributed by atoms with Crippen LogP contribution >= 0.6 is 11.5 Å². The van der Waals surface area contributed by atoms with Crippen LogP contribution in [-0.2, 0) is 11.2 Å². The minimum atomic E-state index is 0.664. The van der Waals surface area contributed by atoms with Gasteiger partial charge in [0.1, 0.15) is 11.6 Å². The smallest absolute Gasteiger partial charge is 0.205 e. The molecular weight excluding hydrogens is 312 g/mol. The van der Waals surface area contributed by atoms with Crippen LogP contribution in [0.5, 0.6) is 5.75 Å². The molecule has 23 heavy (non-hydrogen) atoms. The summed E-state index contributed by atoms with van der Waals surface area (Å²) < 4.78 is 15.0.